The topological polar surface area (TPSA) is 50.8 Å². The number of benzene rings is 3. The number of ether oxygens (including phenoxy) is 2. The molecule has 3 aromatic rings. The van der Waals surface area contributed by atoms with Crippen molar-refractivity contribution in [2.24, 2.45) is 0 Å². The van der Waals surface area contributed by atoms with Crippen LogP contribution in [0.2, 0.25) is 0 Å². The maximum Gasteiger partial charge on any atom is 0.275 e. The van der Waals surface area contributed by atoms with Crippen molar-refractivity contribution in [3.63, 3.8) is 0 Å². The van der Waals surface area contributed by atoms with E-state index in [2.05, 4.69) is 37.2 Å². The quantitative estimate of drug-likeness (QED) is 0.450. The lowest BCUT2D eigenvalue weighted by atomic mass is 10.1. The highest BCUT2D eigenvalue weighted by atomic mass is 79.9. The van der Waals surface area contributed by atoms with E-state index in [9.17, 15) is 4.79 Å². The Morgan fingerprint density at radius 2 is 1.53 bits per heavy atom. The molecule has 5 nitrogen and oxygen atoms in total. The van der Waals surface area contributed by atoms with E-state index < -0.39 is 0 Å². The fourth-order valence-corrected chi connectivity index (χ4v) is 4.09. The molecule has 1 unspecified atom stereocenters. The number of hydrogen-bond donors (Lipinski definition) is 1. The van der Waals surface area contributed by atoms with Crippen LogP contribution < -0.4 is 19.7 Å². The molecule has 0 aromatic heterocycles. The summed E-state index contributed by atoms with van der Waals surface area (Å²) in [6.07, 6.45) is 1.95. The molecule has 0 bridgehead atoms. The second kappa shape index (κ2) is 7.81. The van der Waals surface area contributed by atoms with E-state index in [1.54, 1.807) is 4.90 Å². The van der Waals surface area contributed by atoms with Crippen LogP contribution in [0.4, 0.5) is 11.4 Å². The Bertz CT molecular complexity index is 1140. The Labute approximate surface area is 190 Å². The largest absolute Gasteiger partial charge is 0.454 e. The van der Waals surface area contributed by atoms with Crippen LogP contribution in [0.3, 0.4) is 0 Å². The molecule has 0 saturated carbocycles. The molecule has 1 N–H and O–H groups in total. The van der Waals surface area contributed by atoms with Gasteiger partial charge in [-0.15, -0.1) is 0 Å². The van der Waals surface area contributed by atoms with Crippen molar-refractivity contribution in [1.29, 1.82) is 0 Å². The summed E-state index contributed by atoms with van der Waals surface area (Å²) in [6.45, 7) is 0.213. The van der Waals surface area contributed by atoms with Crippen LogP contribution >= 0.6 is 31.9 Å². The molecule has 0 fully saturated rings. The monoisotopic (exact) mass is 526 g/mol. The zero-order valence-corrected chi connectivity index (χ0v) is 18.8. The molecule has 1 amide bonds. The number of halogens is 2. The Morgan fingerprint density at radius 3 is 2.27 bits per heavy atom. The van der Waals surface area contributed by atoms with Crippen LogP contribution in [-0.2, 0) is 4.79 Å². The highest BCUT2D eigenvalue weighted by Gasteiger charge is 2.35. The first-order chi connectivity index (χ1) is 14.6. The van der Waals surface area contributed by atoms with Crippen molar-refractivity contribution < 1.29 is 14.3 Å². The smallest absolute Gasteiger partial charge is 0.275 e. The third kappa shape index (κ3) is 3.59. The first kappa shape index (κ1) is 19.2. The van der Waals surface area contributed by atoms with Crippen molar-refractivity contribution in [3.05, 3.63) is 93.0 Å². The Kier molecular flexibility index (Phi) is 5.00. The van der Waals surface area contributed by atoms with Crippen molar-refractivity contribution in [3.8, 4) is 11.5 Å². The molecule has 2 aliphatic rings. The average Bonchev–Trinajstić information content (AvgIpc) is 3.35. The summed E-state index contributed by atoms with van der Waals surface area (Å²) in [4.78, 5) is 15.2. The van der Waals surface area contributed by atoms with Gasteiger partial charge in [0.1, 0.15) is 5.70 Å². The molecule has 0 radical (unpaired) electrons. The highest BCUT2D eigenvalue weighted by molar-refractivity contribution is 9.10. The number of rotatable bonds is 4. The Morgan fingerprint density at radius 1 is 0.867 bits per heavy atom. The van der Waals surface area contributed by atoms with Crippen LogP contribution in [0.1, 0.15) is 11.6 Å². The molecular weight excluding hydrogens is 512 g/mol. The zero-order valence-electron chi connectivity index (χ0n) is 15.6. The van der Waals surface area contributed by atoms with Gasteiger partial charge in [0.15, 0.2) is 11.5 Å². The van der Waals surface area contributed by atoms with Gasteiger partial charge in [-0.25, -0.2) is 0 Å². The summed E-state index contributed by atoms with van der Waals surface area (Å²) in [5.41, 5.74) is 3.14. The van der Waals surface area contributed by atoms with Gasteiger partial charge in [-0.2, -0.15) is 0 Å². The van der Waals surface area contributed by atoms with Crippen LogP contribution in [0, 0.1) is 0 Å². The molecule has 150 valence electrons. The lowest BCUT2D eigenvalue weighted by Gasteiger charge is -2.25. The van der Waals surface area contributed by atoms with E-state index >= 15 is 0 Å². The first-order valence-electron chi connectivity index (χ1n) is 9.31. The predicted molar refractivity (Wildman–Crippen MR) is 123 cm³/mol. The second-order valence-electron chi connectivity index (χ2n) is 6.92. The number of carbonyl (C=O) groups excluding carboxylic acids is 1. The van der Waals surface area contributed by atoms with E-state index in [1.165, 1.54) is 0 Å². The third-order valence-electron chi connectivity index (χ3n) is 5.02. The Balaban J connectivity index is 1.54. The number of nitrogens with zero attached hydrogens (tertiary/aromatic N) is 1. The van der Waals surface area contributed by atoms with Gasteiger partial charge < -0.3 is 14.8 Å². The normalized spacial score (nSPS) is 17.3. The fourth-order valence-electron chi connectivity index (χ4n) is 3.57. The second-order valence-corrected chi connectivity index (χ2v) is 8.75. The minimum Gasteiger partial charge on any atom is -0.454 e. The number of amides is 1. The van der Waals surface area contributed by atoms with Gasteiger partial charge in [-0.05, 0) is 72.3 Å². The van der Waals surface area contributed by atoms with Gasteiger partial charge in [0, 0.05) is 20.3 Å². The standard InChI is InChI=1S/C23H16Br2N2O3/c24-15-2-6-17(7-3-15)26-19-12-20(14-1-10-21-22(11-14)30-13-29-21)27(23(19)28)18-8-4-16(25)5-9-18/h1-12,20,26H,13H2. The maximum absolute atomic E-state index is 13.4. The molecule has 0 saturated heterocycles. The van der Waals surface area contributed by atoms with Crippen LogP contribution in [0.25, 0.3) is 0 Å². The van der Waals surface area contributed by atoms with Gasteiger partial charge in [0.05, 0.1) is 6.04 Å². The van der Waals surface area contributed by atoms with Crippen molar-refractivity contribution >= 4 is 49.1 Å². The minimum atomic E-state index is -0.272. The van der Waals surface area contributed by atoms with Gasteiger partial charge in [0.25, 0.3) is 5.91 Å². The molecule has 2 aliphatic heterocycles. The van der Waals surface area contributed by atoms with Gasteiger partial charge in [-0.3, -0.25) is 9.69 Å². The molecular formula is C23H16Br2N2O3. The van der Waals surface area contributed by atoms with E-state index in [1.807, 2.05) is 72.8 Å². The van der Waals surface area contributed by atoms with E-state index in [0.717, 1.165) is 31.6 Å². The molecule has 7 heteroatoms. The minimum absolute atomic E-state index is 0.0945. The van der Waals surface area contributed by atoms with E-state index in [4.69, 9.17) is 9.47 Å². The van der Waals surface area contributed by atoms with Crippen molar-refractivity contribution in [2.45, 2.75) is 6.04 Å². The predicted octanol–water partition coefficient (Wildman–Crippen LogP) is 6.02. The fraction of sp³-hybridized carbons (Fsp3) is 0.0870. The number of anilines is 2. The zero-order chi connectivity index (χ0) is 20.7. The number of nitrogens with one attached hydrogen (secondary N) is 1. The molecule has 2 heterocycles. The first-order valence-corrected chi connectivity index (χ1v) is 10.9. The summed E-state index contributed by atoms with van der Waals surface area (Å²) in [6, 6.07) is 21.0. The van der Waals surface area contributed by atoms with Crippen molar-refractivity contribution in [2.75, 3.05) is 17.0 Å². The number of fused-ring (bicyclic) bond motifs is 1. The van der Waals surface area contributed by atoms with Crippen LogP contribution in [-0.4, -0.2) is 12.7 Å². The summed E-state index contributed by atoms with van der Waals surface area (Å²) < 4.78 is 12.9. The molecule has 3 aromatic carbocycles. The number of carbonyl (C=O) groups is 1. The highest BCUT2D eigenvalue weighted by Crippen LogP contribution is 2.40. The molecule has 5 rings (SSSR count). The number of hydrogen-bond acceptors (Lipinski definition) is 4. The lowest BCUT2D eigenvalue weighted by molar-refractivity contribution is -0.114. The van der Waals surface area contributed by atoms with Gasteiger partial charge >= 0.3 is 0 Å². The molecule has 1 atom stereocenters. The third-order valence-corrected chi connectivity index (χ3v) is 6.08. The van der Waals surface area contributed by atoms with Crippen LogP contribution in [0.15, 0.2) is 87.4 Å². The van der Waals surface area contributed by atoms with E-state index in [-0.39, 0.29) is 18.7 Å². The van der Waals surface area contributed by atoms with Crippen LogP contribution in [0.5, 0.6) is 11.5 Å². The van der Waals surface area contributed by atoms with Gasteiger partial charge in [-0.1, -0.05) is 37.9 Å². The Hall–Kier alpha value is -2.77. The van der Waals surface area contributed by atoms with Crippen molar-refractivity contribution in [1.82, 2.24) is 0 Å². The average molecular weight is 528 g/mol. The molecule has 0 spiro atoms. The van der Waals surface area contributed by atoms with E-state index in [0.29, 0.717) is 11.4 Å². The summed E-state index contributed by atoms with van der Waals surface area (Å²) in [7, 11) is 0. The summed E-state index contributed by atoms with van der Waals surface area (Å²) >= 11 is 6.90. The summed E-state index contributed by atoms with van der Waals surface area (Å²) in [5, 5.41) is 3.26. The van der Waals surface area contributed by atoms with Gasteiger partial charge in [0.2, 0.25) is 6.79 Å². The molecule has 30 heavy (non-hydrogen) atoms. The summed E-state index contributed by atoms with van der Waals surface area (Å²) in [5.74, 6) is 1.32. The lowest BCUT2D eigenvalue weighted by Crippen LogP contribution is -2.30. The molecule has 0 aliphatic carbocycles. The SMILES string of the molecule is O=C1C(Nc2ccc(Br)cc2)=CC(c2ccc3c(c2)OCO3)N1c1ccc(Br)cc1. The maximum atomic E-state index is 13.4.